The SMILES string of the molecule is CC(C)c1cccc(NC(=O)CN(C)Cc2ccccc2F)c1. The first kappa shape index (κ1) is 17.2. The van der Waals surface area contributed by atoms with Crippen molar-refractivity contribution >= 4 is 11.6 Å². The van der Waals surface area contributed by atoms with E-state index < -0.39 is 0 Å². The van der Waals surface area contributed by atoms with Gasteiger partial charge >= 0.3 is 0 Å². The first-order chi connectivity index (χ1) is 11.0. The van der Waals surface area contributed by atoms with Gasteiger partial charge in [0.25, 0.3) is 0 Å². The highest BCUT2D eigenvalue weighted by atomic mass is 19.1. The van der Waals surface area contributed by atoms with Crippen LogP contribution in [0.2, 0.25) is 0 Å². The molecular weight excluding hydrogens is 291 g/mol. The minimum absolute atomic E-state index is 0.107. The first-order valence-electron chi connectivity index (χ1n) is 7.77. The highest BCUT2D eigenvalue weighted by Gasteiger charge is 2.10. The molecule has 2 aromatic carbocycles. The Labute approximate surface area is 137 Å². The number of nitrogens with one attached hydrogen (secondary N) is 1. The molecule has 1 N–H and O–H groups in total. The van der Waals surface area contributed by atoms with E-state index >= 15 is 0 Å². The van der Waals surface area contributed by atoms with Crippen molar-refractivity contribution in [3.05, 3.63) is 65.5 Å². The molecule has 1 amide bonds. The number of hydrogen-bond acceptors (Lipinski definition) is 2. The summed E-state index contributed by atoms with van der Waals surface area (Å²) in [6, 6.07) is 14.5. The van der Waals surface area contributed by atoms with Crippen LogP contribution in [0.4, 0.5) is 10.1 Å². The maximum atomic E-state index is 13.6. The van der Waals surface area contributed by atoms with Gasteiger partial charge in [0, 0.05) is 17.8 Å². The van der Waals surface area contributed by atoms with E-state index in [2.05, 4.69) is 19.2 Å². The number of rotatable bonds is 6. The summed E-state index contributed by atoms with van der Waals surface area (Å²) < 4.78 is 13.6. The van der Waals surface area contributed by atoms with Gasteiger partial charge in [0.15, 0.2) is 0 Å². The molecule has 23 heavy (non-hydrogen) atoms. The number of hydrogen-bond donors (Lipinski definition) is 1. The van der Waals surface area contributed by atoms with Crippen LogP contribution in [0.1, 0.15) is 30.9 Å². The van der Waals surface area contributed by atoms with Crippen molar-refractivity contribution in [2.75, 3.05) is 18.9 Å². The molecule has 4 heteroatoms. The molecule has 0 saturated carbocycles. The lowest BCUT2D eigenvalue weighted by Gasteiger charge is -2.17. The van der Waals surface area contributed by atoms with Crippen molar-refractivity contribution < 1.29 is 9.18 Å². The van der Waals surface area contributed by atoms with E-state index in [0.717, 1.165) is 5.69 Å². The smallest absolute Gasteiger partial charge is 0.238 e. The molecule has 0 bridgehead atoms. The van der Waals surface area contributed by atoms with Crippen LogP contribution in [0.15, 0.2) is 48.5 Å². The largest absolute Gasteiger partial charge is 0.325 e. The number of carbonyl (C=O) groups is 1. The van der Waals surface area contributed by atoms with Gasteiger partial charge in [-0.15, -0.1) is 0 Å². The summed E-state index contributed by atoms with van der Waals surface area (Å²) in [6.07, 6.45) is 0. The number of carbonyl (C=O) groups excluding carboxylic acids is 1. The van der Waals surface area contributed by atoms with Crippen molar-refractivity contribution in [1.29, 1.82) is 0 Å². The molecule has 0 saturated heterocycles. The van der Waals surface area contributed by atoms with Gasteiger partial charge in [-0.2, -0.15) is 0 Å². The van der Waals surface area contributed by atoms with Crippen LogP contribution in [0.5, 0.6) is 0 Å². The summed E-state index contributed by atoms with van der Waals surface area (Å²) in [5.41, 5.74) is 2.56. The van der Waals surface area contributed by atoms with E-state index in [1.165, 1.54) is 11.6 Å². The molecule has 0 heterocycles. The van der Waals surface area contributed by atoms with E-state index in [-0.39, 0.29) is 18.3 Å². The number of halogens is 1. The van der Waals surface area contributed by atoms with Crippen LogP contribution in [0.25, 0.3) is 0 Å². The van der Waals surface area contributed by atoms with E-state index in [1.54, 1.807) is 30.1 Å². The number of likely N-dealkylation sites (N-methyl/N-ethyl adjacent to an activating group) is 1. The van der Waals surface area contributed by atoms with Crippen molar-refractivity contribution in [2.24, 2.45) is 0 Å². The van der Waals surface area contributed by atoms with E-state index in [4.69, 9.17) is 0 Å². The Morgan fingerprint density at radius 1 is 1.17 bits per heavy atom. The third-order valence-electron chi connectivity index (χ3n) is 3.65. The molecule has 0 unspecified atom stereocenters. The maximum absolute atomic E-state index is 13.6. The molecule has 2 rings (SSSR count). The van der Waals surface area contributed by atoms with Gasteiger partial charge in [0.05, 0.1) is 6.54 Å². The number of anilines is 1. The summed E-state index contributed by atoms with van der Waals surface area (Å²) >= 11 is 0. The van der Waals surface area contributed by atoms with Crippen molar-refractivity contribution in [2.45, 2.75) is 26.3 Å². The molecular formula is C19H23FN2O. The van der Waals surface area contributed by atoms with Gasteiger partial charge in [0.1, 0.15) is 5.82 Å². The summed E-state index contributed by atoms with van der Waals surface area (Å²) in [4.78, 5) is 13.9. The number of nitrogens with zero attached hydrogens (tertiary/aromatic N) is 1. The minimum atomic E-state index is -0.246. The first-order valence-corrected chi connectivity index (χ1v) is 7.77. The Kier molecular flexibility index (Phi) is 5.88. The highest BCUT2D eigenvalue weighted by Crippen LogP contribution is 2.18. The Morgan fingerprint density at radius 2 is 1.91 bits per heavy atom. The predicted octanol–water partition coefficient (Wildman–Crippen LogP) is 4.02. The quantitative estimate of drug-likeness (QED) is 0.873. The fourth-order valence-corrected chi connectivity index (χ4v) is 2.39. The van der Waals surface area contributed by atoms with Crippen LogP contribution in [-0.4, -0.2) is 24.4 Å². The monoisotopic (exact) mass is 314 g/mol. The Morgan fingerprint density at radius 3 is 2.61 bits per heavy atom. The molecule has 0 spiro atoms. The van der Waals surface area contributed by atoms with Crippen LogP contribution in [0, 0.1) is 5.82 Å². The predicted molar refractivity (Wildman–Crippen MR) is 91.9 cm³/mol. The summed E-state index contributed by atoms with van der Waals surface area (Å²) in [5, 5.41) is 2.89. The zero-order valence-electron chi connectivity index (χ0n) is 13.8. The van der Waals surface area contributed by atoms with Gasteiger partial charge < -0.3 is 5.32 Å². The maximum Gasteiger partial charge on any atom is 0.238 e. The van der Waals surface area contributed by atoms with Crippen LogP contribution >= 0.6 is 0 Å². The minimum Gasteiger partial charge on any atom is -0.325 e. The number of benzene rings is 2. The lowest BCUT2D eigenvalue weighted by molar-refractivity contribution is -0.117. The third kappa shape index (κ3) is 5.18. The standard InChI is InChI=1S/C19H23FN2O/c1-14(2)15-8-6-9-17(11-15)21-19(23)13-22(3)12-16-7-4-5-10-18(16)20/h4-11,14H,12-13H2,1-3H3,(H,21,23). The second kappa shape index (κ2) is 7.88. The van der Waals surface area contributed by atoms with Crippen LogP contribution in [-0.2, 0) is 11.3 Å². The molecule has 0 radical (unpaired) electrons. The number of amides is 1. The fraction of sp³-hybridized carbons (Fsp3) is 0.316. The molecule has 0 aromatic heterocycles. The van der Waals surface area contributed by atoms with E-state index in [0.29, 0.717) is 18.0 Å². The van der Waals surface area contributed by atoms with Crippen LogP contribution in [0.3, 0.4) is 0 Å². The summed E-state index contributed by atoms with van der Waals surface area (Å²) in [6.45, 7) is 4.83. The molecule has 0 aliphatic rings. The second-order valence-corrected chi connectivity index (χ2v) is 6.09. The summed E-state index contributed by atoms with van der Waals surface area (Å²) in [5.74, 6) is 0.0599. The fourth-order valence-electron chi connectivity index (χ4n) is 2.39. The third-order valence-corrected chi connectivity index (χ3v) is 3.65. The van der Waals surface area contributed by atoms with Gasteiger partial charge in [0.2, 0.25) is 5.91 Å². The van der Waals surface area contributed by atoms with E-state index in [9.17, 15) is 9.18 Å². The highest BCUT2D eigenvalue weighted by molar-refractivity contribution is 5.92. The summed E-state index contributed by atoms with van der Waals surface area (Å²) in [7, 11) is 1.80. The lowest BCUT2D eigenvalue weighted by atomic mass is 10.0. The van der Waals surface area contributed by atoms with Crippen molar-refractivity contribution in [3.8, 4) is 0 Å². The average Bonchev–Trinajstić information content (AvgIpc) is 2.49. The van der Waals surface area contributed by atoms with E-state index in [1.807, 2.05) is 24.3 Å². The Bertz CT molecular complexity index is 670. The topological polar surface area (TPSA) is 32.3 Å². The van der Waals surface area contributed by atoms with Gasteiger partial charge in [-0.05, 0) is 36.7 Å². The average molecular weight is 314 g/mol. The zero-order chi connectivity index (χ0) is 16.8. The zero-order valence-corrected chi connectivity index (χ0v) is 13.8. The molecule has 0 fully saturated rings. The van der Waals surface area contributed by atoms with Crippen molar-refractivity contribution in [1.82, 2.24) is 4.90 Å². The molecule has 2 aromatic rings. The second-order valence-electron chi connectivity index (χ2n) is 6.09. The molecule has 0 aliphatic carbocycles. The van der Waals surface area contributed by atoms with Gasteiger partial charge in [-0.25, -0.2) is 4.39 Å². The molecule has 0 atom stereocenters. The van der Waals surface area contributed by atoms with Crippen molar-refractivity contribution in [3.63, 3.8) is 0 Å². The lowest BCUT2D eigenvalue weighted by Crippen LogP contribution is -2.30. The molecule has 3 nitrogen and oxygen atoms in total. The van der Waals surface area contributed by atoms with Gasteiger partial charge in [-0.1, -0.05) is 44.2 Å². The van der Waals surface area contributed by atoms with Crippen LogP contribution < -0.4 is 5.32 Å². The Hall–Kier alpha value is -2.20. The molecule has 122 valence electrons. The Balaban J connectivity index is 1.91. The van der Waals surface area contributed by atoms with Gasteiger partial charge in [-0.3, -0.25) is 9.69 Å². The molecule has 0 aliphatic heterocycles. The normalized spacial score (nSPS) is 11.0.